The monoisotopic (exact) mass is 514 g/mol. The normalized spacial score (nSPS) is 20.2. The maximum Gasteiger partial charge on any atom is 0.256 e. The SMILES string of the molecule is COc1nc2ccccc2cc1-c1cnc(C2CN(CC3CCOC3)CCN2C(=O)c2ccc(=O)[nH]c2)[nH]1. The number of nitrogens with zero attached hydrogens (tertiary/aromatic N) is 4. The number of fused-ring (bicyclic) bond motifs is 1. The Balaban J connectivity index is 1.33. The first-order chi connectivity index (χ1) is 18.6. The molecule has 0 saturated carbocycles. The highest BCUT2D eigenvalue weighted by Gasteiger charge is 2.35. The summed E-state index contributed by atoms with van der Waals surface area (Å²) in [4.78, 5) is 44.8. The molecule has 4 aromatic rings. The number of H-pyrrole nitrogens is 2. The number of carbonyl (C=O) groups is 1. The molecule has 2 N–H and O–H groups in total. The molecule has 2 aliphatic rings. The molecule has 6 rings (SSSR count). The van der Waals surface area contributed by atoms with Crippen molar-refractivity contribution in [2.75, 3.05) is 46.5 Å². The van der Waals surface area contributed by atoms with Gasteiger partial charge in [-0.2, -0.15) is 0 Å². The van der Waals surface area contributed by atoms with Gasteiger partial charge < -0.3 is 24.3 Å². The van der Waals surface area contributed by atoms with E-state index in [1.165, 1.54) is 12.3 Å². The summed E-state index contributed by atoms with van der Waals surface area (Å²) in [6.07, 6.45) is 4.31. The predicted octanol–water partition coefficient (Wildman–Crippen LogP) is 2.86. The first-order valence-corrected chi connectivity index (χ1v) is 12.9. The van der Waals surface area contributed by atoms with E-state index in [0.717, 1.165) is 54.9 Å². The summed E-state index contributed by atoms with van der Waals surface area (Å²) in [6.45, 7) is 4.47. The van der Waals surface area contributed by atoms with Gasteiger partial charge in [0.1, 0.15) is 11.9 Å². The topological polar surface area (TPSA) is 116 Å². The van der Waals surface area contributed by atoms with Crippen LogP contribution in [0.5, 0.6) is 5.88 Å². The molecule has 2 unspecified atom stereocenters. The van der Waals surface area contributed by atoms with E-state index in [4.69, 9.17) is 14.5 Å². The number of benzene rings is 1. The smallest absolute Gasteiger partial charge is 0.256 e. The Labute approximate surface area is 219 Å². The lowest BCUT2D eigenvalue weighted by Gasteiger charge is -2.41. The second-order valence-corrected chi connectivity index (χ2v) is 9.87. The van der Waals surface area contributed by atoms with E-state index < -0.39 is 0 Å². The Hall–Kier alpha value is -4.02. The van der Waals surface area contributed by atoms with Crippen LogP contribution in [0.2, 0.25) is 0 Å². The lowest BCUT2D eigenvalue weighted by molar-refractivity contribution is 0.0393. The number of para-hydroxylation sites is 1. The van der Waals surface area contributed by atoms with Crippen LogP contribution in [0.1, 0.15) is 28.6 Å². The van der Waals surface area contributed by atoms with E-state index in [1.807, 2.05) is 35.2 Å². The molecule has 0 radical (unpaired) electrons. The molecule has 196 valence electrons. The minimum Gasteiger partial charge on any atom is -0.480 e. The van der Waals surface area contributed by atoms with Crippen molar-refractivity contribution in [3.05, 3.63) is 76.6 Å². The fourth-order valence-electron chi connectivity index (χ4n) is 5.37. The van der Waals surface area contributed by atoms with Gasteiger partial charge in [-0.3, -0.25) is 14.5 Å². The molecule has 1 amide bonds. The van der Waals surface area contributed by atoms with E-state index in [1.54, 1.807) is 19.4 Å². The van der Waals surface area contributed by atoms with E-state index in [-0.39, 0.29) is 17.5 Å². The largest absolute Gasteiger partial charge is 0.480 e. The van der Waals surface area contributed by atoms with Gasteiger partial charge in [-0.05, 0) is 30.5 Å². The van der Waals surface area contributed by atoms with Crippen LogP contribution in [-0.4, -0.2) is 82.1 Å². The molecule has 5 heterocycles. The van der Waals surface area contributed by atoms with Crippen molar-refractivity contribution in [3.63, 3.8) is 0 Å². The van der Waals surface area contributed by atoms with Crippen molar-refractivity contribution in [2.24, 2.45) is 5.92 Å². The average Bonchev–Trinajstić information content (AvgIpc) is 3.65. The van der Waals surface area contributed by atoms with Crippen LogP contribution in [0.4, 0.5) is 0 Å². The van der Waals surface area contributed by atoms with Gasteiger partial charge in [0, 0.05) is 50.4 Å². The molecular weight excluding hydrogens is 484 g/mol. The molecule has 38 heavy (non-hydrogen) atoms. The van der Waals surface area contributed by atoms with Gasteiger partial charge in [-0.25, -0.2) is 9.97 Å². The Morgan fingerprint density at radius 1 is 1.21 bits per heavy atom. The molecule has 1 aromatic carbocycles. The number of amides is 1. The zero-order chi connectivity index (χ0) is 26.1. The van der Waals surface area contributed by atoms with Crippen LogP contribution in [-0.2, 0) is 4.74 Å². The number of aromatic nitrogens is 4. The van der Waals surface area contributed by atoms with E-state index in [2.05, 4.69) is 19.9 Å². The van der Waals surface area contributed by atoms with Crippen molar-refractivity contribution in [1.29, 1.82) is 0 Å². The van der Waals surface area contributed by atoms with Crippen LogP contribution >= 0.6 is 0 Å². The first kappa shape index (κ1) is 24.3. The van der Waals surface area contributed by atoms with Crippen molar-refractivity contribution in [3.8, 4) is 17.1 Å². The highest BCUT2D eigenvalue weighted by atomic mass is 16.5. The zero-order valence-corrected chi connectivity index (χ0v) is 21.2. The van der Waals surface area contributed by atoms with Crippen LogP contribution in [0.15, 0.2) is 59.7 Å². The Morgan fingerprint density at radius 3 is 2.89 bits per heavy atom. The van der Waals surface area contributed by atoms with Gasteiger partial charge in [-0.15, -0.1) is 0 Å². The Kier molecular flexibility index (Phi) is 6.65. The molecular formula is C28H30N6O4. The predicted molar refractivity (Wildman–Crippen MR) is 142 cm³/mol. The highest BCUT2D eigenvalue weighted by molar-refractivity contribution is 5.94. The molecule has 0 aliphatic carbocycles. The molecule has 2 atom stereocenters. The van der Waals surface area contributed by atoms with E-state index in [9.17, 15) is 9.59 Å². The van der Waals surface area contributed by atoms with E-state index >= 15 is 0 Å². The fraction of sp³-hybridized carbons (Fsp3) is 0.357. The zero-order valence-electron chi connectivity index (χ0n) is 21.2. The Morgan fingerprint density at radius 2 is 2.11 bits per heavy atom. The lowest BCUT2D eigenvalue weighted by Crippen LogP contribution is -2.52. The third-order valence-corrected chi connectivity index (χ3v) is 7.38. The molecule has 10 heteroatoms. The number of carbonyl (C=O) groups excluding carboxylic acids is 1. The standard InChI is InChI=1S/C28H30N6O4/c1-37-27-21(12-19-4-2-3-5-22(19)32-27)23-14-30-26(31-23)24-16-33(15-18-8-11-38-17-18)9-10-34(24)28(36)20-6-7-25(35)29-13-20/h2-7,12-14,18,24H,8-11,15-17H2,1H3,(H,29,35)(H,30,31). The third-order valence-electron chi connectivity index (χ3n) is 7.38. The number of rotatable bonds is 6. The summed E-state index contributed by atoms with van der Waals surface area (Å²) in [7, 11) is 1.61. The second-order valence-electron chi connectivity index (χ2n) is 9.87. The van der Waals surface area contributed by atoms with Crippen LogP contribution < -0.4 is 10.3 Å². The number of imidazole rings is 1. The Bertz CT molecular complexity index is 1490. The number of aromatic amines is 2. The summed E-state index contributed by atoms with van der Waals surface area (Å²) < 4.78 is 11.2. The van der Waals surface area contributed by atoms with Crippen molar-refractivity contribution in [2.45, 2.75) is 12.5 Å². The van der Waals surface area contributed by atoms with Crippen molar-refractivity contribution in [1.82, 2.24) is 29.7 Å². The molecule has 0 bridgehead atoms. The van der Waals surface area contributed by atoms with Crippen molar-refractivity contribution < 1.29 is 14.3 Å². The minimum atomic E-state index is -0.293. The molecule has 3 aromatic heterocycles. The number of methoxy groups -OCH3 is 1. The highest BCUT2D eigenvalue weighted by Crippen LogP contribution is 2.33. The number of ether oxygens (including phenoxy) is 2. The maximum atomic E-state index is 13.6. The fourth-order valence-corrected chi connectivity index (χ4v) is 5.37. The second kappa shape index (κ2) is 10.4. The van der Waals surface area contributed by atoms with Crippen LogP contribution in [0, 0.1) is 5.92 Å². The average molecular weight is 515 g/mol. The van der Waals surface area contributed by atoms with Gasteiger partial charge in [-0.1, -0.05) is 18.2 Å². The van der Waals surface area contributed by atoms with Gasteiger partial charge in [0.25, 0.3) is 5.91 Å². The molecule has 2 fully saturated rings. The summed E-state index contributed by atoms with van der Waals surface area (Å²) in [5, 5.41) is 0.997. The number of hydrogen-bond donors (Lipinski definition) is 2. The summed E-state index contributed by atoms with van der Waals surface area (Å²) in [5.41, 5.74) is 2.63. The summed E-state index contributed by atoms with van der Waals surface area (Å²) >= 11 is 0. The molecule has 2 saturated heterocycles. The van der Waals surface area contributed by atoms with Gasteiger partial charge in [0.2, 0.25) is 11.4 Å². The van der Waals surface area contributed by atoms with Gasteiger partial charge >= 0.3 is 0 Å². The summed E-state index contributed by atoms with van der Waals surface area (Å²) in [5.74, 6) is 1.56. The third kappa shape index (κ3) is 4.80. The number of hydrogen-bond acceptors (Lipinski definition) is 7. The molecule has 10 nitrogen and oxygen atoms in total. The van der Waals surface area contributed by atoms with Crippen molar-refractivity contribution >= 4 is 16.8 Å². The van der Waals surface area contributed by atoms with Crippen LogP contribution in [0.25, 0.3) is 22.2 Å². The lowest BCUT2D eigenvalue weighted by atomic mass is 10.0. The first-order valence-electron chi connectivity index (χ1n) is 12.9. The molecule has 2 aliphatic heterocycles. The quantitative estimate of drug-likeness (QED) is 0.406. The maximum absolute atomic E-state index is 13.6. The van der Waals surface area contributed by atoms with Crippen LogP contribution in [0.3, 0.4) is 0 Å². The molecule has 0 spiro atoms. The number of piperazine rings is 1. The number of pyridine rings is 2. The van der Waals surface area contributed by atoms with Gasteiger partial charge in [0.05, 0.1) is 42.3 Å². The minimum absolute atomic E-state index is 0.141. The number of nitrogens with one attached hydrogen (secondary N) is 2. The van der Waals surface area contributed by atoms with Gasteiger partial charge in [0.15, 0.2) is 0 Å². The summed E-state index contributed by atoms with van der Waals surface area (Å²) in [6, 6.07) is 12.6. The van der Waals surface area contributed by atoms with E-state index in [0.29, 0.717) is 36.3 Å².